The molecule has 7 nitrogen and oxygen atoms in total. The molecule has 0 radical (unpaired) electrons. The van der Waals surface area contributed by atoms with Gasteiger partial charge in [0, 0.05) is 37.2 Å². The standard InChI is InChI=1S/C30H31N3O4/c1-20-13-21(2)15-24(14-20)35-12-6-5-11-32-26-8-4-3-7-25(26)31-30(32)22-16-29(34)33(18-22)23-9-10-27-28(17-23)37-19-36-27/h3-4,7-10,13-15,17,22H,5-6,11-12,16,18-19H2,1-2H3. The Morgan fingerprint density at radius 2 is 1.78 bits per heavy atom. The Kier molecular flexibility index (Phi) is 6.20. The van der Waals surface area contributed by atoms with Crippen molar-refractivity contribution in [2.45, 2.75) is 45.6 Å². The summed E-state index contributed by atoms with van der Waals surface area (Å²) in [5.41, 5.74) is 5.35. The Bertz CT molecular complexity index is 1440. The van der Waals surface area contributed by atoms with Gasteiger partial charge in [0.1, 0.15) is 11.6 Å². The van der Waals surface area contributed by atoms with Crippen LogP contribution in [-0.2, 0) is 11.3 Å². The third kappa shape index (κ3) is 4.73. The first kappa shape index (κ1) is 23.4. The molecule has 190 valence electrons. The lowest BCUT2D eigenvalue weighted by molar-refractivity contribution is -0.117. The lowest BCUT2D eigenvalue weighted by Crippen LogP contribution is -2.24. The van der Waals surface area contributed by atoms with Crippen LogP contribution in [0.2, 0.25) is 0 Å². The fourth-order valence-electron chi connectivity index (χ4n) is 5.40. The molecular formula is C30H31N3O4. The van der Waals surface area contributed by atoms with E-state index in [9.17, 15) is 4.79 Å². The van der Waals surface area contributed by atoms with Crippen molar-refractivity contribution in [3.05, 3.63) is 77.6 Å². The van der Waals surface area contributed by atoms with E-state index in [-0.39, 0.29) is 18.6 Å². The van der Waals surface area contributed by atoms with Gasteiger partial charge in [0.15, 0.2) is 11.5 Å². The van der Waals surface area contributed by atoms with E-state index in [4.69, 9.17) is 19.2 Å². The number of fused-ring (bicyclic) bond motifs is 2. The highest BCUT2D eigenvalue weighted by molar-refractivity contribution is 5.97. The molecular weight excluding hydrogens is 466 g/mol. The summed E-state index contributed by atoms with van der Waals surface area (Å²) in [6.07, 6.45) is 2.34. The van der Waals surface area contributed by atoms with E-state index in [1.165, 1.54) is 11.1 Å². The number of benzene rings is 3. The molecule has 0 aliphatic carbocycles. The van der Waals surface area contributed by atoms with Gasteiger partial charge in [-0.05, 0) is 74.2 Å². The highest BCUT2D eigenvalue weighted by Gasteiger charge is 2.35. The topological polar surface area (TPSA) is 65.8 Å². The normalized spacial score (nSPS) is 16.6. The quantitative estimate of drug-likeness (QED) is 0.290. The number of nitrogens with zero attached hydrogens (tertiary/aromatic N) is 3. The molecule has 6 rings (SSSR count). The van der Waals surface area contributed by atoms with Crippen LogP contribution in [0.1, 0.15) is 42.1 Å². The molecule has 37 heavy (non-hydrogen) atoms. The van der Waals surface area contributed by atoms with Gasteiger partial charge in [-0.3, -0.25) is 4.79 Å². The molecule has 0 spiro atoms. The molecule has 1 amide bonds. The van der Waals surface area contributed by atoms with Gasteiger partial charge in [-0.1, -0.05) is 18.2 Å². The fourth-order valence-corrected chi connectivity index (χ4v) is 5.40. The van der Waals surface area contributed by atoms with Gasteiger partial charge in [0.2, 0.25) is 12.7 Å². The van der Waals surface area contributed by atoms with Crippen LogP contribution in [0, 0.1) is 13.8 Å². The van der Waals surface area contributed by atoms with Crippen molar-refractivity contribution in [2.24, 2.45) is 0 Å². The minimum atomic E-state index is 0.0249. The number of carbonyl (C=O) groups excluding carboxylic acids is 1. The number of aromatic nitrogens is 2. The van der Waals surface area contributed by atoms with Crippen LogP contribution in [0.4, 0.5) is 5.69 Å². The highest BCUT2D eigenvalue weighted by Crippen LogP contribution is 2.39. The number of amides is 1. The van der Waals surface area contributed by atoms with E-state index >= 15 is 0 Å². The van der Waals surface area contributed by atoms with Gasteiger partial charge in [-0.2, -0.15) is 0 Å². The molecule has 4 aromatic rings. The number of ether oxygens (including phenoxy) is 3. The summed E-state index contributed by atoms with van der Waals surface area (Å²) in [7, 11) is 0. The Labute approximate surface area is 216 Å². The second kappa shape index (κ2) is 9.81. The highest BCUT2D eigenvalue weighted by atomic mass is 16.7. The zero-order chi connectivity index (χ0) is 25.4. The van der Waals surface area contributed by atoms with E-state index < -0.39 is 0 Å². The number of imidazole rings is 1. The average Bonchev–Trinajstić information content (AvgIpc) is 3.59. The van der Waals surface area contributed by atoms with Gasteiger partial charge >= 0.3 is 0 Å². The van der Waals surface area contributed by atoms with E-state index in [0.29, 0.717) is 25.3 Å². The van der Waals surface area contributed by atoms with Gasteiger partial charge in [-0.15, -0.1) is 0 Å². The van der Waals surface area contributed by atoms with Gasteiger partial charge < -0.3 is 23.7 Å². The molecule has 3 aromatic carbocycles. The second-order valence-corrected chi connectivity index (χ2v) is 9.93. The monoisotopic (exact) mass is 497 g/mol. The van der Waals surface area contributed by atoms with Gasteiger partial charge in [0.25, 0.3) is 0 Å². The lowest BCUT2D eigenvalue weighted by Gasteiger charge is -2.18. The van der Waals surface area contributed by atoms with Crippen LogP contribution < -0.4 is 19.1 Å². The van der Waals surface area contributed by atoms with Crippen LogP contribution >= 0.6 is 0 Å². The first-order chi connectivity index (χ1) is 18.0. The minimum absolute atomic E-state index is 0.0249. The van der Waals surface area contributed by atoms with Crippen LogP contribution in [0.15, 0.2) is 60.7 Å². The summed E-state index contributed by atoms with van der Waals surface area (Å²) in [5.74, 6) is 3.44. The van der Waals surface area contributed by atoms with Crippen LogP contribution in [0.25, 0.3) is 11.0 Å². The van der Waals surface area contributed by atoms with E-state index in [2.05, 4.69) is 42.7 Å². The number of carbonyl (C=O) groups is 1. The van der Waals surface area contributed by atoms with Crippen molar-refractivity contribution in [3.8, 4) is 17.2 Å². The summed E-state index contributed by atoms with van der Waals surface area (Å²) in [6, 6.07) is 20.2. The summed E-state index contributed by atoms with van der Waals surface area (Å²) in [6.45, 7) is 6.50. The maximum Gasteiger partial charge on any atom is 0.231 e. The molecule has 0 N–H and O–H groups in total. The fraction of sp³-hybridized carbons (Fsp3) is 0.333. The van der Waals surface area contributed by atoms with Crippen LogP contribution in [-0.4, -0.2) is 35.4 Å². The molecule has 1 aromatic heterocycles. The molecule has 2 aliphatic heterocycles. The van der Waals surface area contributed by atoms with Gasteiger partial charge in [0.05, 0.1) is 17.6 Å². The first-order valence-electron chi connectivity index (χ1n) is 12.9. The Hall–Kier alpha value is -4.00. The summed E-state index contributed by atoms with van der Waals surface area (Å²) >= 11 is 0. The second-order valence-electron chi connectivity index (χ2n) is 9.93. The maximum atomic E-state index is 13.1. The number of hydrogen-bond acceptors (Lipinski definition) is 5. The van der Waals surface area contributed by atoms with Crippen molar-refractivity contribution >= 4 is 22.6 Å². The van der Waals surface area contributed by atoms with E-state index in [1.807, 2.05) is 41.3 Å². The smallest absolute Gasteiger partial charge is 0.231 e. The van der Waals surface area contributed by atoms with Crippen molar-refractivity contribution in [3.63, 3.8) is 0 Å². The molecule has 3 heterocycles. The number of hydrogen-bond donors (Lipinski definition) is 0. The van der Waals surface area contributed by atoms with Crippen molar-refractivity contribution < 1.29 is 19.0 Å². The molecule has 2 aliphatic rings. The zero-order valence-corrected chi connectivity index (χ0v) is 21.3. The number of unbranched alkanes of at least 4 members (excludes halogenated alkanes) is 1. The molecule has 7 heteroatoms. The Balaban J connectivity index is 1.16. The molecule has 1 saturated heterocycles. The molecule has 1 fully saturated rings. The van der Waals surface area contributed by atoms with Crippen molar-refractivity contribution in [1.29, 1.82) is 0 Å². The van der Waals surface area contributed by atoms with E-state index in [0.717, 1.165) is 53.4 Å². The summed E-state index contributed by atoms with van der Waals surface area (Å²) in [5, 5.41) is 0. The predicted molar refractivity (Wildman–Crippen MR) is 143 cm³/mol. The molecule has 1 atom stereocenters. The van der Waals surface area contributed by atoms with Crippen molar-refractivity contribution in [1.82, 2.24) is 9.55 Å². The number of anilines is 1. The third-order valence-electron chi connectivity index (χ3n) is 7.08. The zero-order valence-electron chi connectivity index (χ0n) is 21.3. The Morgan fingerprint density at radius 3 is 2.65 bits per heavy atom. The first-order valence-corrected chi connectivity index (χ1v) is 12.9. The number of rotatable bonds is 8. The maximum absolute atomic E-state index is 13.1. The van der Waals surface area contributed by atoms with Gasteiger partial charge in [-0.25, -0.2) is 4.98 Å². The SMILES string of the molecule is Cc1cc(C)cc(OCCCCn2c(C3CC(=O)N(c4ccc5c(c4)OCO5)C3)nc3ccccc32)c1. The van der Waals surface area contributed by atoms with Crippen LogP contribution in [0.3, 0.4) is 0 Å². The summed E-state index contributed by atoms with van der Waals surface area (Å²) in [4.78, 5) is 19.9. The van der Waals surface area contributed by atoms with Crippen molar-refractivity contribution in [2.75, 3.05) is 24.8 Å². The number of para-hydroxylation sites is 2. The van der Waals surface area contributed by atoms with E-state index in [1.54, 1.807) is 0 Å². The predicted octanol–water partition coefficient (Wildman–Crippen LogP) is 5.76. The minimum Gasteiger partial charge on any atom is -0.494 e. The lowest BCUT2D eigenvalue weighted by atomic mass is 10.1. The molecule has 1 unspecified atom stereocenters. The number of aryl methyl sites for hydroxylation is 3. The third-order valence-corrected chi connectivity index (χ3v) is 7.08. The molecule has 0 bridgehead atoms. The largest absolute Gasteiger partial charge is 0.494 e. The average molecular weight is 498 g/mol. The van der Waals surface area contributed by atoms with Crippen LogP contribution in [0.5, 0.6) is 17.2 Å². The Morgan fingerprint density at radius 1 is 0.973 bits per heavy atom. The molecule has 0 saturated carbocycles. The summed E-state index contributed by atoms with van der Waals surface area (Å²) < 4.78 is 19.3.